The summed E-state index contributed by atoms with van der Waals surface area (Å²) in [4.78, 5) is 2.51. The van der Waals surface area contributed by atoms with Gasteiger partial charge in [0.25, 0.3) is 0 Å². The summed E-state index contributed by atoms with van der Waals surface area (Å²) in [6, 6.07) is 9.41. The third-order valence-corrected chi connectivity index (χ3v) is 4.08. The Kier molecular flexibility index (Phi) is 4.11. The van der Waals surface area contributed by atoms with Gasteiger partial charge in [-0.25, -0.2) is 0 Å². The summed E-state index contributed by atoms with van der Waals surface area (Å²) in [7, 11) is 0. The number of nitrogens with zero attached hydrogens (tertiary/aromatic N) is 1. The molecule has 0 radical (unpaired) electrons. The fourth-order valence-electron chi connectivity index (χ4n) is 3.12. The second-order valence-electron chi connectivity index (χ2n) is 5.37. The fraction of sp³-hybridized carbons (Fsp3) is 0.529. The molecule has 1 unspecified atom stereocenters. The normalized spacial score (nSPS) is 18.6. The van der Waals surface area contributed by atoms with Gasteiger partial charge in [-0.3, -0.25) is 0 Å². The number of benzene rings is 1. The topological polar surface area (TPSA) is 3.24 Å². The molecule has 0 fully saturated rings. The van der Waals surface area contributed by atoms with Crippen LogP contribution in [0.5, 0.6) is 0 Å². The maximum absolute atomic E-state index is 4.34. The Bertz CT molecular complexity index is 415. The van der Waals surface area contributed by atoms with Crippen molar-refractivity contribution in [3.05, 3.63) is 42.1 Å². The number of hydrogen-bond donors (Lipinski definition) is 0. The summed E-state index contributed by atoms with van der Waals surface area (Å²) in [5.74, 6) is 0.470. The number of hydrogen-bond acceptors (Lipinski definition) is 1. The molecule has 0 aromatic heterocycles. The quantitative estimate of drug-likeness (QED) is 0.696. The molecule has 98 valence electrons. The molecule has 0 amide bonds. The lowest BCUT2D eigenvalue weighted by atomic mass is 10.0. The van der Waals surface area contributed by atoms with Gasteiger partial charge < -0.3 is 4.90 Å². The van der Waals surface area contributed by atoms with E-state index >= 15 is 0 Å². The number of rotatable bonds is 5. The Morgan fingerprint density at radius 3 is 2.39 bits per heavy atom. The average Bonchev–Trinajstić information content (AvgIpc) is 2.63. The SMILES string of the molecule is C=C1C(C)c2ccccc2N1C(CCC)CCC. The minimum Gasteiger partial charge on any atom is -0.342 e. The second kappa shape index (κ2) is 5.60. The standard InChI is InChI=1S/C17H25N/c1-5-9-15(10-6-2)18-14(4)13(3)16-11-7-8-12-17(16)18/h7-8,11-13,15H,4-6,9-10H2,1-3H3. The van der Waals surface area contributed by atoms with Crippen molar-refractivity contribution in [2.45, 2.75) is 58.4 Å². The van der Waals surface area contributed by atoms with Gasteiger partial charge in [-0.1, -0.05) is 58.4 Å². The molecular formula is C17H25N. The molecule has 1 aromatic carbocycles. The highest BCUT2D eigenvalue weighted by atomic mass is 15.2. The van der Waals surface area contributed by atoms with Crippen LogP contribution >= 0.6 is 0 Å². The van der Waals surface area contributed by atoms with Crippen LogP contribution in [0.15, 0.2) is 36.5 Å². The summed E-state index contributed by atoms with van der Waals surface area (Å²) in [5.41, 5.74) is 4.12. The van der Waals surface area contributed by atoms with E-state index < -0.39 is 0 Å². The Balaban J connectivity index is 2.34. The highest BCUT2D eigenvalue weighted by Gasteiger charge is 2.32. The van der Waals surface area contributed by atoms with Gasteiger partial charge in [0.15, 0.2) is 0 Å². The Hall–Kier alpha value is -1.24. The van der Waals surface area contributed by atoms with Gasteiger partial charge in [-0.05, 0) is 24.5 Å². The van der Waals surface area contributed by atoms with E-state index in [9.17, 15) is 0 Å². The van der Waals surface area contributed by atoms with E-state index in [0.717, 1.165) is 0 Å². The number of anilines is 1. The second-order valence-corrected chi connectivity index (χ2v) is 5.37. The highest BCUT2D eigenvalue weighted by molar-refractivity contribution is 5.67. The van der Waals surface area contributed by atoms with Gasteiger partial charge in [0.1, 0.15) is 0 Å². The summed E-state index contributed by atoms with van der Waals surface area (Å²) >= 11 is 0. The van der Waals surface area contributed by atoms with Crippen LogP contribution in [-0.4, -0.2) is 6.04 Å². The molecule has 1 nitrogen and oxygen atoms in total. The molecular weight excluding hydrogens is 218 g/mol. The maximum Gasteiger partial charge on any atom is 0.0450 e. The minimum absolute atomic E-state index is 0.470. The molecule has 1 heterocycles. The molecule has 2 rings (SSSR count). The van der Waals surface area contributed by atoms with E-state index in [2.05, 4.69) is 56.5 Å². The summed E-state index contributed by atoms with van der Waals surface area (Å²) in [5, 5.41) is 0. The Labute approximate surface area is 112 Å². The molecule has 0 saturated carbocycles. The molecule has 1 heteroatoms. The number of para-hydroxylation sites is 1. The first-order valence-electron chi connectivity index (χ1n) is 7.27. The molecule has 1 aromatic rings. The number of allylic oxidation sites excluding steroid dienone is 1. The van der Waals surface area contributed by atoms with Crippen molar-refractivity contribution in [3.63, 3.8) is 0 Å². The van der Waals surface area contributed by atoms with Crippen LogP contribution in [0.3, 0.4) is 0 Å². The first-order valence-corrected chi connectivity index (χ1v) is 7.27. The van der Waals surface area contributed by atoms with Crippen LogP contribution in [0.2, 0.25) is 0 Å². The summed E-state index contributed by atoms with van der Waals surface area (Å²) in [6.07, 6.45) is 5.00. The Morgan fingerprint density at radius 1 is 1.17 bits per heavy atom. The van der Waals surface area contributed by atoms with E-state index in [0.29, 0.717) is 12.0 Å². The van der Waals surface area contributed by atoms with Crippen molar-refractivity contribution in [1.29, 1.82) is 0 Å². The average molecular weight is 243 g/mol. The van der Waals surface area contributed by atoms with Crippen LogP contribution in [0.4, 0.5) is 5.69 Å². The highest BCUT2D eigenvalue weighted by Crippen LogP contribution is 2.44. The number of fused-ring (bicyclic) bond motifs is 1. The molecule has 1 atom stereocenters. The van der Waals surface area contributed by atoms with Crippen LogP contribution in [-0.2, 0) is 0 Å². The summed E-state index contributed by atoms with van der Waals surface area (Å²) in [6.45, 7) is 11.2. The van der Waals surface area contributed by atoms with Crippen molar-refractivity contribution in [2.75, 3.05) is 4.90 Å². The van der Waals surface area contributed by atoms with Gasteiger partial charge in [0.2, 0.25) is 0 Å². The van der Waals surface area contributed by atoms with Crippen molar-refractivity contribution >= 4 is 5.69 Å². The predicted octanol–water partition coefficient (Wildman–Crippen LogP) is 5.09. The predicted molar refractivity (Wildman–Crippen MR) is 80.1 cm³/mol. The molecule has 18 heavy (non-hydrogen) atoms. The smallest absolute Gasteiger partial charge is 0.0450 e. The molecule has 0 saturated heterocycles. The van der Waals surface area contributed by atoms with E-state index in [4.69, 9.17) is 0 Å². The fourth-order valence-corrected chi connectivity index (χ4v) is 3.12. The first-order chi connectivity index (χ1) is 8.70. The zero-order valence-corrected chi connectivity index (χ0v) is 11.9. The molecule has 0 aliphatic carbocycles. The molecule has 0 spiro atoms. The zero-order chi connectivity index (χ0) is 13.1. The van der Waals surface area contributed by atoms with Crippen LogP contribution in [0.25, 0.3) is 0 Å². The van der Waals surface area contributed by atoms with Crippen molar-refractivity contribution < 1.29 is 0 Å². The van der Waals surface area contributed by atoms with Crippen molar-refractivity contribution in [2.24, 2.45) is 0 Å². The molecule has 1 aliphatic rings. The third-order valence-electron chi connectivity index (χ3n) is 4.08. The van der Waals surface area contributed by atoms with E-state index in [-0.39, 0.29) is 0 Å². The van der Waals surface area contributed by atoms with Gasteiger partial charge >= 0.3 is 0 Å². The van der Waals surface area contributed by atoms with Gasteiger partial charge in [0.05, 0.1) is 0 Å². The van der Waals surface area contributed by atoms with Gasteiger partial charge in [-0.2, -0.15) is 0 Å². The minimum atomic E-state index is 0.470. The van der Waals surface area contributed by atoms with E-state index in [1.807, 2.05) is 0 Å². The summed E-state index contributed by atoms with van der Waals surface area (Å²) < 4.78 is 0. The van der Waals surface area contributed by atoms with Crippen LogP contribution in [0.1, 0.15) is 57.9 Å². The molecule has 0 bridgehead atoms. The van der Waals surface area contributed by atoms with Gasteiger partial charge in [0, 0.05) is 23.3 Å². The lowest BCUT2D eigenvalue weighted by Crippen LogP contribution is -2.32. The molecule has 0 N–H and O–H groups in total. The van der Waals surface area contributed by atoms with Crippen LogP contribution < -0.4 is 4.90 Å². The molecule has 1 aliphatic heterocycles. The lowest BCUT2D eigenvalue weighted by Gasteiger charge is -2.31. The van der Waals surface area contributed by atoms with Crippen LogP contribution in [0, 0.1) is 0 Å². The third kappa shape index (κ3) is 2.19. The maximum atomic E-state index is 4.34. The van der Waals surface area contributed by atoms with Crippen molar-refractivity contribution in [1.82, 2.24) is 0 Å². The van der Waals surface area contributed by atoms with Gasteiger partial charge in [-0.15, -0.1) is 0 Å². The monoisotopic (exact) mass is 243 g/mol. The van der Waals surface area contributed by atoms with E-state index in [1.54, 1.807) is 0 Å². The Morgan fingerprint density at radius 2 is 1.78 bits per heavy atom. The largest absolute Gasteiger partial charge is 0.342 e. The van der Waals surface area contributed by atoms with E-state index in [1.165, 1.54) is 42.6 Å². The van der Waals surface area contributed by atoms with Crippen molar-refractivity contribution in [3.8, 4) is 0 Å². The lowest BCUT2D eigenvalue weighted by molar-refractivity contribution is 0.530. The first kappa shape index (κ1) is 13.2. The zero-order valence-electron chi connectivity index (χ0n) is 11.9.